The zero-order valence-electron chi connectivity index (χ0n) is 8.52. The summed E-state index contributed by atoms with van der Waals surface area (Å²) in [6.07, 6.45) is 0. The lowest BCUT2D eigenvalue weighted by Crippen LogP contribution is -2.33. The van der Waals surface area contributed by atoms with Crippen LogP contribution in [0.15, 0.2) is 24.3 Å². The van der Waals surface area contributed by atoms with E-state index in [1.165, 1.54) is 26.2 Å². The summed E-state index contributed by atoms with van der Waals surface area (Å²) >= 11 is 0. The number of hydrogen-bond donors (Lipinski definition) is 1. The molecule has 0 fully saturated rings. The maximum atomic E-state index is 11.6. The summed E-state index contributed by atoms with van der Waals surface area (Å²) in [6.45, 7) is 1.17. The third-order valence-electron chi connectivity index (χ3n) is 2.01. The Balaban J connectivity index is 2.99. The van der Waals surface area contributed by atoms with Crippen molar-refractivity contribution in [3.05, 3.63) is 29.8 Å². The van der Waals surface area contributed by atoms with Crippen LogP contribution in [0, 0.1) is 11.3 Å². The van der Waals surface area contributed by atoms with Crippen molar-refractivity contribution in [2.45, 2.75) is 12.5 Å². The molecule has 0 saturated heterocycles. The molecule has 1 unspecified atom stereocenters. The zero-order valence-corrected chi connectivity index (χ0v) is 8.52. The van der Waals surface area contributed by atoms with Gasteiger partial charge in [-0.15, -0.1) is 0 Å². The fraction of sp³-hybridized carbons (Fsp3) is 0.273. The molecule has 0 amide bonds. The molecule has 0 saturated carbocycles. The van der Waals surface area contributed by atoms with Gasteiger partial charge in [0.2, 0.25) is 11.4 Å². The lowest BCUT2D eigenvalue weighted by atomic mass is 9.96. The SMILES string of the molecule is COc1ccc(C(=O)C(C)(O)C#N)cc1. The fourth-order valence-corrected chi connectivity index (χ4v) is 1.07. The number of carbonyl (C=O) groups excluding carboxylic acids is 1. The molecule has 0 aliphatic rings. The predicted octanol–water partition coefficient (Wildman–Crippen LogP) is 1.15. The minimum atomic E-state index is -1.98. The molecule has 0 bridgehead atoms. The summed E-state index contributed by atoms with van der Waals surface area (Å²) in [5.74, 6) is -0.00389. The van der Waals surface area contributed by atoms with Crippen LogP contribution in [0.1, 0.15) is 17.3 Å². The van der Waals surface area contributed by atoms with Crippen molar-refractivity contribution >= 4 is 5.78 Å². The molecule has 78 valence electrons. The number of benzene rings is 1. The number of Topliss-reactive ketones (excluding diaryl/α,β-unsaturated/α-hetero) is 1. The van der Waals surface area contributed by atoms with Crippen LogP contribution in [0.3, 0.4) is 0 Å². The van der Waals surface area contributed by atoms with Crippen LogP contribution in [0.5, 0.6) is 5.75 Å². The average Bonchev–Trinajstić information content (AvgIpc) is 2.28. The maximum absolute atomic E-state index is 11.6. The first kappa shape index (κ1) is 11.2. The molecular formula is C11H11NO3. The molecule has 0 aromatic heterocycles. The Morgan fingerprint density at radius 1 is 1.47 bits per heavy atom. The Hall–Kier alpha value is -1.86. The number of ether oxygens (including phenoxy) is 1. The largest absolute Gasteiger partial charge is 0.497 e. The second kappa shape index (κ2) is 4.11. The van der Waals surface area contributed by atoms with Crippen LogP contribution in [0.2, 0.25) is 0 Å². The first-order chi connectivity index (χ1) is 7.01. The van der Waals surface area contributed by atoms with Crippen molar-refractivity contribution in [3.63, 3.8) is 0 Å². The number of ketones is 1. The van der Waals surface area contributed by atoms with Crippen LogP contribution >= 0.6 is 0 Å². The van der Waals surface area contributed by atoms with Crippen molar-refractivity contribution < 1.29 is 14.6 Å². The smallest absolute Gasteiger partial charge is 0.211 e. The van der Waals surface area contributed by atoms with Gasteiger partial charge in [-0.05, 0) is 31.2 Å². The zero-order chi connectivity index (χ0) is 11.5. The van der Waals surface area contributed by atoms with E-state index in [-0.39, 0.29) is 5.56 Å². The van der Waals surface area contributed by atoms with Gasteiger partial charge in [0.25, 0.3) is 0 Å². The molecule has 1 atom stereocenters. The number of aliphatic hydroxyl groups is 1. The van der Waals surface area contributed by atoms with Gasteiger partial charge in [0, 0.05) is 5.56 Å². The van der Waals surface area contributed by atoms with Crippen molar-refractivity contribution in [2.24, 2.45) is 0 Å². The summed E-state index contributed by atoms with van der Waals surface area (Å²) < 4.78 is 4.92. The van der Waals surface area contributed by atoms with Gasteiger partial charge >= 0.3 is 0 Å². The van der Waals surface area contributed by atoms with Gasteiger partial charge in [0.1, 0.15) is 11.8 Å². The quantitative estimate of drug-likeness (QED) is 0.593. The van der Waals surface area contributed by atoms with Gasteiger partial charge in [-0.25, -0.2) is 0 Å². The third-order valence-corrected chi connectivity index (χ3v) is 2.01. The van der Waals surface area contributed by atoms with E-state index in [0.717, 1.165) is 0 Å². The maximum Gasteiger partial charge on any atom is 0.211 e. The van der Waals surface area contributed by atoms with Crippen molar-refractivity contribution in [3.8, 4) is 11.8 Å². The number of nitriles is 1. The highest BCUT2D eigenvalue weighted by Gasteiger charge is 2.30. The molecule has 15 heavy (non-hydrogen) atoms. The predicted molar refractivity (Wildman–Crippen MR) is 53.6 cm³/mol. The topological polar surface area (TPSA) is 70.3 Å². The molecule has 0 spiro atoms. The van der Waals surface area contributed by atoms with Crippen LogP contribution < -0.4 is 4.74 Å². The van der Waals surface area contributed by atoms with E-state index in [2.05, 4.69) is 0 Å². The second-order valence-corrected chi connectivity index (χ2v) is 3.24. The highest BCUT2D eigenvalue weighted by Crippen LogP contribution is 2.16. The van der Waals surface area contributed by atoms with E-state index < -0.39 is 11.4 Å². The summed E-state index contributed by atoms with van der Waals surface area (Å²) in [5, 5.41) is 18.0. The van der Waals surface area contributed by atoms with E-state index >= 15 is 0 Å². The summed E-state index contributed by atoms with van der Waals surface area (Å²) in [6, 6.07) is 7.75. The van der Waals surface area contributed by atoms with E-state index in [1.807, 2.05) is 0 Å². The highest BCUT2D eigenvalue weighted by atomic mass is 16.5. The Morgan fingerprint density at radius 2 is 2.00 bits per heavy atom. The minimum absolute atomic E-state index is 0.280. The molecule has 1 aromatic rings. The number of nitrogens with zero attached hydrogens (tertiary/aromatic N) is 1. The first-order valence-electron chi connectivity index (χ1n) is 4.34. The highest BCUT2D eigenvalue weighted by molar-refractivity contribution is 6.03. The summed E-state index contributed by atoms with van der Waals surface area (Å²) in [4.78, 5) is 11.6. The summed E-state index contributed by atoms with van der Waals surface area (Å²) in [5.41, 5.74) is -1.70. The molecular weight excluding hydrogens is 194 g/mol. The Bertz CT molecular complexity index is 401. The minimum Gasteiger partial charge on any atom is -0.497 e. The van der Waals surface area contributed by atoms with Gasteiger partial charge in [-0.1, -0.05) is 0 Å². The molecule has 0 radical (unpaired) electrons. The van der Waals surface area contributed by atoms with Gasteiger partial charge in [-0.3, -0.25) is 4.79 Å². The van der Waals surface area contributed by atoms with Crippen LogP contribution in [0.25, 0.3) is 0 Å². The lowest BCUT2D eigenvalue weighted by Gasteiger charge is -2.12. The van der Waals surface area contributed by atoms with Gasteiger partial charge in [-0.2, -0.15) is 5.26 Å². The fourth-order valence-electron chi connectivity index (χ4n) is 1.07. The van der Waals surface area contributed by atoms with Gasteiger partial charge < -0.3 is 9.84 Å². The average molecular weight is 205 g/mol. The van der Waals surface area contributed by atoms with Gasteiger partial charge in [0.15, 0.2) is 0 Å². The number of methoxy groups -OCH3 is 1. The van der Waals surface area contributed by atoms with Crippen molar-refractivity contribution in [1.82, 2.24) is 0 Å². The number of hydrogen-bond acceptors (Lipinski definition) is 4. The molecule has 1 rings (SSSR count). The van der Waals surface area contributed by atoms with E-state index in [9.17, 15) is 9.90 Å². The normalized spacial score (nSPS) is 13.7. The monoisotopic (exact) mass is 205 g/mol. The van der Waals surface area contributed by atoms with Crippen molar-refractivity contribution in [1.29, 1.82) is 5.26 Å². The van der Waals surface area contributed by atoms with Crippen LogP contribution in [0.4, 0.5) is 0 Å². The Kier molecular flexibility index (Phi) is 3.08. The second-order valence-electron chi connectivity index (χ2n) is 3.24. The lowest BCUT2D eigenvalue weighted by molar-refractivity contribution is 0.0615. The molecule has 1 aromatic carbocycles. The summed E-state index contributed by atoms with van der Waals surface area (Å²) in [7, 11) is 1.52. The third kappa shape index (κ3) is 2.33. The van der Waals surface area contributed by atoms with Crippen LogP contribution in [-0.4, -0.2) is 23.6 Å². The molecule has 0 heterocycles. The standard InChI is InChI=1S/C11H11NO3/c1-11(14,7-12)10(13)8-3-5-9(15-2)6-4-8/h3-6,14H,1-2H3. The molecule has 0 aliphatic carbocycles. The van der Waals surface area contributed by atoms with Gasteiger partial charge in [0.05, 0.1) is 7.11 Å². The van der Waals surface area contributed by atoms with Crippen molar-refractivity contribution in [2.75, 3.05) is 7.11 Å². The molecule has 1 N–H and O–H groups in total. The number of carbonyl (C=O) groups is 1. The Morgan fingerprint density at radius 3 is 2.40 bits per heavy atom. The van der Waals surface area contributed by atoms with E-state index in [1.54, 1.807) is 18.2 Å². The first-order valence-corrected chi connectivity index (χ1v) is 4.34. The number of rotatable bonds is 3. The molecule has 0 aliphatic heterocycles. The Labute approximate surface area is 87.7 Å². The molecule has 4 heteroatoms. The van der Waals surface area contributed by atoms with E-state index in [4.69, 9.17) is 10.00 Å². The van der Waals surface area contributed by atoms with E-state index in [0.29, 0.717) is 5.75 Å². The van der Waals surface area contributed by atoms with Crippen LogP contribution in [-0.2, 0) is 0 Å². The molecule has 4 nitrogen and oxygen atoms in total.